The van der Waals surface area contributed by atoms with Crippen molar-refractivity contribution < 1.29 is 14.3 Å². The van der Waals surface area contributed by atoms with Crippen LogP contribution in [0.5, 0.6) is 11.5 Å². The van der Waals surface area contributed by atoms with Gasteiger partial charge in [-0.1, -0.05) is 6.07 Å². The predicted molar refractivity (Wildman–Crippen MR) is 92.0 cm³/mol. The molecule has 1 aromatic heterocycles. The third-order valence-electron chi connectivity index (χ3n) is 4.12. The van der Waals surface area contributed by atoms with Gasteiger partial charge in [-0.15, -0.1) is 0 Å². The molecular weight excluding hydrogens is 322 g/mol. The van der Waals surface area contributed by atoms with Gasteiger partial charge in [-0.25, -0.2) is 4.98 Å². The van der Waals surface area contributed by atoms with Crippen LogP contribution in [0.1, 0.15) is 35.6 Å². The SMILES string of the molecule is Cc1nc(C)c(CC(=O)N[C@@H](C)c2ccc3c(c2)OCCO3)c(=O)[nH]1. The molecule has 0 bridgehead atoms. The summed E-state index contributed by atoms with van der Waals surface area (Å²) in [4.78, 5) is 31.2. The second kappa shape index (κ2) is 6.96. The first-order chi connectivity index (χ1) is 11.9. The molecule has 0 fully saturated rings. The van der Waals surface area contributed by atoms with Crippen molar-refractivity contribution in [2.24, 2.45) is 0 Å². The second-order valence-electron chi connectivity index (χ2n) is 6.08. The maximum Gasteiger partial charge on any atom is 0.254 e. The zero-order chi connectivity index (χ0) is 18.0. The number of carbonyl (C=O) groups is 1. The van der Waals surface area contributed by atoms with Gasteiger partial charge in [-0.3, -0.25) is 9.59 Å². The maximum atomic E-state index is 12.3. The molecule has 2 aromatic rings. The highest BCUT2D eigenvalue weighted by atomic mass is 16.6. The summed E-state index contributed by atoms with van der Waals surface area (Å²) < 4.78 is 11.1. The Kier molecular flexibility index (Phi) is 4.74. The van der Waals surface area contributed by atoms with E-state index in [1.807, 2.05) is 25.1 Å². The highest BCUT2D eigenvalue weighted by Gasteiger charge is 2.17. The number of rotatable bonds is 4. The smallest absolute Gasteiger partial charge is 0.254 e. The molecule has 3 rings (SSSR count). The molecule has 2 N–H and O–H groups in total. The minimum absolute atomic E-state index is 0.0106. The van der Waals surface area contributed by atoms with Crippen LogP contribution in [0.15, 0.2) is 23.0 Å². The molecule has 0 saturated heterocycles. The zero-order valence-corrected chi connectivity index (χ0v) is 14.5. The molecule has 0 spiro atoms. The number of aryl methyl sites for hydroxylation is 2. The lowest BCUT2D eigenvalue weighted by atomic mass is 10.1. The van der Waals surface area contributed by atoms with E-state index in [0.29, 0.717) is 41.8 Å². The summed E-state index contributed by atoms with van der Waals surface area (Å²) >= 11 is 0. The molecule has 0 saturated carbocycles. The normalized spacial score (nSPS) is 14.0. The van der Waals surface area contributed by atoms with E-state index in [0.717, 1.165) is 5.56 Å². The zero-order valence-electron chi connectivity index (χ0n) is 14.5. The van der Waals surface area contributed by atoms with E-state index in [4.69, 9.17) is 9.47 Å². The minimum atomic E-state index is -0.271. The Bertz CT molecular complexity index is 860. The molecular formula is C18H21N3O4. The van der Waals surface area contributed by atoms with Crippen molar-refractivity contribution in [1.29, 1.82) is 0 Å². The number of amides is 1. The number of nitrogens with zero attached hydrogens (tertiary/aromatic N) is 1. The van der Waals surface area contributed by atoms with E-state index in [1.165, 1.54) is 0 Å². The molecule has 0 radical (unpaired) electrons. The summed E-state index contributed by atoms with van der Waals surface area (Å²) in [7, 11) is 0. The molecule has 132 valence electrons. The molecule has 7 nitrogen and oxygen atoms in total. The van der Waals surface area contributed by atoms with Crippen LogP contribution in [-0.2, 0) is 11.2 Å². The first-order valence-corrected chi connectivity index (χ1v) is 8.19. The van der Waals surface area contributed by atoms with Gasteiger partial charge in [-0.05, 0) is 38.5 Å². The molecule has 1 aliphatic rings. The minimum Gasteiger partial charge on any atom is -0.486 e. The number of nitrogens with one attached hydrogen (secondary N) is 2. The van der Waals surface area contributed by atoms with Crippen molar-refractivity contribution in [2.75, 3.05) is 13.2 Å². The number of benzene rings is 1. The lowest BCUT2D eigenvalue weighted by molar-refractivity contribution is -0.121. The summed E-state index contributed by atoms with van der Waals surface area (Å²) in [5, 5.41) is 2.90. The van der Waals surface area contributed by atoms with Crippen molar-refractivity contribution in [2.45, 2.75) is 33.2 Å². The van der Waals surface area contributed by atoms with Crippen molar-refractivity contribution >= 4 is 5.91 Å². The number of fused-ring (bicyclic) bond motifs is 1. The number of hydrogen-bond acceptors (Lipinski definition) is 5. The number of hydrogen-bond donors (Lipinski definition) is 2. The van der Waals surface area contributed by atoms with Crippen LogP contribution in [0.3, 0.4) is 0 Å². The highest BCUT2D eigenvalue weighted by molar-refractivity contribution is 5.79. The fraction of sp³-hybridized carbons (Fsp3) is 0.389. The average molecular weight is 343 g/mol. The topological polar surface area (TPSA) is 93.3 Å². The van der Waals surface area contributed by atoms with Gasteiger partial charge in [0.25, 0.3) is 5.56 Å². The van der Waals surface area contributed by atoms with Gasteiger partial charge < -0.3 is 19.8 Å². The Labute approximate surface area is 145 Å². The first-order valence-electron chi connectivity index (χ1n) is 8.19. The third kappa shape index (κ3) is 3.81. The van der Waals surface area contributed by atoms with E-state index in [1.54, 1.807) is 13.8 Å². The monoisotopic (exact) mass is 343 g/mol. The van der Waals surface area contributed by atoms with Gasteiger partial charge in [0.15, 0.2) is 11.5 Å². The molecule has 1 aliphatic heterocycles. The van der Waals surface area contributed by atoms with E-state index in [9.17, 15) is 9.59 Å². The van der Waals surface area contributed by atoms with Crippen molar-refractivity contribution in [3.63, 3.8) is 0 Å². The Morgan fingerprint density at radius 2 is 2.00 bits per heavy atom. The summed E-state index contributed by atoms with van der Waals surface area (Å²) in [6.07, 6.45) is -0.0106. The lowest BCUT2D eigenvalue weighted by Gasteiger charge is -2.21. The van der Waals surface area contributed by atoms with E-state index in [-0.39, 0.29) is 23.9 Å². The number of H-pyrrole nitrogens is 1. The molecule has 2 heterocycles. The van der Waals surface area contributed by atoms with Gasteiger partial charge >= 0.3 is 0 Å². The average Bonchev–Trinajstić information content (AvgIpc) is 2.57. The van der Waals surface area contributed by atoms with Gasteiger partial charge in [0.05, 0.1) is 12.5 Å². The number of aromatic nitrogens is 2. The summed E-state index contributed by atoms with van der Waals surface area (Å²) in [5.41, 5.74) is 1.60. The van der Waals surface area contributed by atoms with Crippen molar-refractivity contribution in [1.82, 2.24) is 15.3 Å². The lowest BCUT2D eigenvalue weighted by Crippen LogP contribution is -2.31. The van der Waals surface area contributed by atoms with Crippen molar-refractivity contribution in [3.8, 4) is 11.5 Å². The van der Waals surface area contributed by atoms with Crippen LogP contribution in [0.2, 0.25) is 0 Å². The fourth-order valence-corrected chi connectivity index (χ4v) is 2.82. The molecule has 7 heteroatoms. The Balaban J connectivity index is 1.70. The number of aromatic amines is 1. The highest BCUT2D eigenvalue weighted by Crippen LogP contribution is 2.32. The van der Waals surface area contributed by atoms with E-state index in [2.05, 4.69) is 15.3 Å². The van der Waals surface area contributed by atoms with E-state index >= 15 is 0 Å². The van der Waals surface area contributed by atoms with Crippen LogP contribution < -0.4 is 20.3 Å². The molecule has 0 unspecified atom stereocenters. The van der Waals surface area contributed by atoms with Gasteiger partial charge in [0.2, 0.25) is 5.91 Å². The molecule has 0 aliphatic carbocycles. The van der Waals surface area contributed by atoms with Gasteiger partial charge in [0.1, 0.15) is 19.0 Å². The largest absolute Gasteiger partial charge is 0.486 e. The van der Waals surface area contributed by atoms with Crippen molar-refractivity contribution in [3.05, 3.63) is 51.2 Å². The first kappa shape index (κ1) is 17.0. The summed E-state index contributed by atoms with van der Waals surface area (Å²) in [6.45, 7) is 6.38. The molecule has 25 heavy (non-hydrogen) atoms. The molecule has 1 aromatic carbocycles. The number of carbonyl (C=O) groups excluding carboxylic acids is 1. The Morgan fingerprint density at radius 1 is 1.28 bits per heavy atom. The van der Waals surface area contributed by atoms with Crippen LogP contribution >= 0.6 is 0 Å². The van der Waals surface area contributed by atoms with Crippen LogP contribution in [-0.4, -0.2) is 29.1 Å². The van der Waals surface area contributed by atoms with Gasteiger partial charge in [-0.2, -0.15) is 0 Å². The van der Waals surface area contributed by atoms with Crippen LogP contribution in [0.25, 0.3) is 0 Å². The standard InChI is InChI=1S/C18H21N3O4/c1-10(13-4-5-15-16(8-13)25-7-6-24-15)20-17(22)9-14-11(2)19-12(3)21-18(14)23/h4-5,8,10H,6-7,9H2,1-3H3,(H,20,22)(H,19,21,23)/t10-/m0/s1. The van der Waals surface area contributed by atoms with Crippen LogP contribution in [0.4, 0.5) is 0 Å². The molecule has 1 amide bonds. The van der Waals surface area contributed by atoms with E-state index < -0.39 is 0 Å². The quantitative estimate of drug-likeness (QED) is 0.879. The predicted octanol–water partition coefficient (Wildman–Crippen LogP) is 1.58. The van der Waals surface area contributed by atoms with Crippen LogP contribution in [0, 0.1) is 13.8 Å². The number of ether oxygens (including phenoxy) is 2. The van der Waals surface area contributed by atoms with Gasteiger partial charge in [0, 0.05) is 11.3 Å². The summed E-state index contributed by atoms with van der Waals surface area (Å²) in [5.74, 6) is 1.69. The Hall–Kier alpha value is -2.83. The molecule has 1 atom stereocenters. The maximum absolute atomic E-state index is 12.3. The summed E-state index contributed by atoms with van der Waals surface area (Å²) in [6, 6.07) is 5.38. The third-order valence-corrected chi connectivity index (χ3v) is 4.12. The second-order valence-corrected chi connectivity index (χ2v) is 6.08. The Morgan fingerprint density at radius 3 is 2.72 bits per heavy atom. The fourth-order valence-electron chi connectivity index (χ4n) is 2.82.